The van der Waals surface area contributed by atoms with Crippen molar-refractivity contribution in [1.29, 1.82) is 0 Å². The highest BCUT2D eigenvalue weighted by molar-refractivity contribution is 4.68. The first-order valence-corrected chi connectivity index (χ1v) is 3.25. The van der Waals surface area contributed by atoms with Gasteiger partial charge in [0.1, 0.15) is 6.42 Å². The Labute approximate surface area is 68.1 Å². The molecule has 0 N–H and O–H groups in total. The van der Waals surface area contributed by atoms with E-state index in [1.54, 1.807) is 0 Å². The highest BCUT2D eigenvalue weighted by Gasteiger charge is 2.31. The lowest BCUT2D eigenvalue weighted by Gasteiger charge is -2.02. The van der Waals surface area contributed by atoms with Crippen LogP contribution in [0.3, 0.4) is 0 Å². The Morgan fingerprint density at radius 3 is 1.42 bits per heavy atom. The van der Waals surface area contributed by atoms with Crippen LogP contribution in [0, 0.1) is 0 Å². The fraction of sp³-hybridized carbons (Fsp3) is 0.714. The molecule has 0 bridgehead atoms. The van der Waals surface area contributed by atoms with E-state index in [2.05, 4.69) is 0 Å². The minimum Gasteiger partial charge on any atom is -0.210 e. The van der Waals surface area contributed by atoms with E-state index in [0.717, 1.165) is 0 Å². The van der Waals surface area contributed by atoms with Gasteiger partial charge in [-0.05, 0) is 13.8 Å². The second-order valence-corrected chi connectivity index (χ2v) is 1.88. The van der Waals surface area contributed by atoms with E-state index < -0.39 is 19.0 Å². The van der Waals surface area contributed by atoms with E-state index in [0.29, 0.717) is 0 Å². The molecule has 0 aliphatic rings. The molecule has 0 aromatic heterocycles. The Morgan fingerprint density at radius 1 is 1.08 bits per heavy atom. The van der Waals surface area contributed by atoms with E-state index >= 15 is 0 Å². The zero-order valence-corrected chi connectivity index (χ0v) is 6.83. The molecule has 74 valence electrons. The van der Waals surface area contributed by atoms with Crippen LogP contribution in [-0.4, -0.2) is 12.6 Å². The Hall–Kier alpha value is -0.610. The van der Waals surface area contributed by atoms with Crippen LogP contribution in [0.1, 0.15) is 20.3 Å². The summed E-state index contributed by atoms with van der Waals surface area (Å²) in [5, 5.41) is 0. The lowest BCUT2D eigenvalue weighted by molar-refractivity contribution is -0.158. The van der Waals surface area contributed by atoms with Gasteiger partial charge >= 0.3 is 6.18 Å². The van der Waals surface area contributed by atoms with Crippen LogP contribution in [0.4, 0.5) is 22.0 Å². The summed E-state index contributed by atoms with van der Waals surface area (Å²) < 4.78 is 54.1. The van der Waals surface area contributed by atoms with E-state index in [-0.39, 0.29) is 0 Å². The maximum Gasteiger partial charge on any atom is 0.394 e. The van der Waals surface area contributed by atoms with Crippen molar-refractivity contribution in [1.82, 2.24) is 0 Å². The molecule has 5 heteroatoms. The first kappa shape index (κ1) is 13.9. The maximum absolute atomic E-state index is 10.8. The van der Waals surface area contributed by atoms with Crippen LogP contribution in [0.25, 0.3) is 0 Å². The quantitative estimate of drug-likeness (QED) is 0.436. The molecule has 0 saturated heterocycles. The zero-order valence-electron chi connectivity index (χ0n) is 6.83. The molecular formula is C7H11F5. The van der Waals surface area contributed by atoms with Crippen molar-refractivity contribution in [2.24, 2.45) is 0 Å². The van der Waals surface area contributed by atoms with Crippen molar-refractivity contribution in [3.8, 4) is 0 Å². The van der Waals surface area contributed by atoms with Gasteiger partial charge in [-0.25, -0.2) is 8.78 Å². The van der Waals surface area contributed by atoms with Gasteiger partial charge in [0.2, 0.25) is 6.43 Å². The largest absolute Gasteiger partial charge is 0.394 e. The van der Waals surface area contributed by atoms with E-state index in [4.69, 9.17) is 0 Å². The summed E-state index contributed by atoms with van der Waals surface area (Å²) in [5.41, 5.74) is 0. The first-order chi connectivity index (χ1) is 5.33. The summed E-state index contributed by atoms with van der Waals surface area (Å²) in [4.78, 5) is 0. The predicted octanol–water partition coefficient (Wildman–Crippen LogP) is 3.79. The van der Waals surface area contributed by atoms with Crippen molar-refractivity contribution in [3.63, 3.8) is 0 Å². The Bertz CT molecular complexity index is 109. The molecule has 0 rings (SSSR count). The second kappa shape index (κ2) is 7.06. The summed E-state index contributed by atoms with van der Waals surface area (Å²) in [6, 6.07) is 0. The highest BCUT2D eigenvalue weighted by atomic mass is 19.4. The molecule has 0 aliphatic heterocycles. The molecule has 0 aromatic rings. The summed E-state index contributed by atoms with van der Waals surface area (Å²) >= 11 is 0. The van der Waals surface area contributed by atoms with Crippen LogP contribution in [0.5, 0.6) is 0 Å². The summed E-state index contributed by atoms with van der Waals surface area (Å²) in [6.45, 7) is 4.00. The number of rotatable bonds is 1. The molecule has 0 amide bonds. The average Bonchev–Trinajstić information content (AvgIpc) is 1.83. The van der Waals surface area contributed by atoms with Gasteiger partial charge in [0, 0.05) is 0 Å². The molecule has 0 aliphatic carbocycles. The predicted molar refractivity (Wildman–Crippen MR) is 37.2 cm³/mol. The molecule has 0 radical (unpaired) electrons. The second-order valence-electron chi connectivity index (χ2n) is 1.88. The SMILES string of the molecule is CC=CC.FC(F)CC(F)(F)F. The van der Waals surface area contributed by atoms with Gasteiger partial charge in [0.15, 0.2) is 0 Å². The molecule has 0 heterocycles. The fourth-order valence-electron chi connectivity index (χ4n) is 0.175. The third-order valence-corrected chi connectivity index (χ3v) is 0.719. The van der Waals surface area contributed by atoms with Crippen molar-refractivity contribution in [2.45, 2.75) is 32.9 Å². The zero-order chi connectivity index (χ0) is 10.2. The Morgan fingerprint density at radius 2 is 1.42 bits per heavy atom. The van der Waals surface area contributed by atoms with E-state index in [1.807, 2.05) is 26.0 Å². The highest BCUT2D eigenvalue weighted by Crippen LogP contribution is 2.22. The van der Waals surface area contributed by atoms with Crippen molar-refractivity contribution >= 4 is 0 Å². The normalized spacial score (nSPS) is 11.7. The molecule has 0 spiro atoms. The number of halogens is 5. The summed E-state index contributed by atoms with van der Waals surface area (Å²) in [7, 11) is 0. The number of hydrogen-bond donors (Lipinski definition) is 0. The molecule has 0 fully saturated rings. The van der Waals surface area contributed by atoms with Crippen LogP contribution < -0.4 is 0 Å². The summed E-state index contributed by atoms with van der Waals surface area (Å²) in [6.07, 6.45) is -6.02. The maximum atomic E-state index is 10.8. The third-order valence-electron chi connectivity index (χ3n) is 0.719. The van der Waals surface area contributed by atoms with Gasteiger partial charge in [0.25, 0.3) is 0 Å². The van der Waals surface area contributed by atoms with Crippen LogP contribution in [0.15, 0.2) is 12.2 Å². The van der Waals surface area contributed by atoms with Gasteiger partial charge in [0.05, 0.1) is 0 Å². The molecule has 0 atom stereocenters. The standard InChI is InChI=1S/C4H8.C3H3F5/c1-3-4-2;4-2(5)1-3(6,7)8/h3-4H,1-2H3;2H,1H2. The van der Waals surface area contributed by atoms with Gasteiger partial charge in [-0.15, -0.1) is 0 Å². The van der Waals surface area contributed by atoms with Crippen molar-refractivity contribution < 1.29 is 22.0 Å². The van der Waals surface area contributed by atoms with Crippen LogP contribution in [0.2, 0.25) is 0 Å². The van der Waals surface area contributed by atoms with E-state index in [9.17, 15) is 22.0 Å². The van der Waals surface area contributed by atoms with Crippen LogP contribution in [-0.2, 0) is 0 Å². The Kier molecular flexibility index (Phi) is 8.21. The van der Waals surface area contributed by atoms with E-state index in [1.165, 1.54) is 0 Å². The lowest BCUT2D eigenvalue weighted by Crippen LogP contribution is -2.12. The Balaban J connectivity index is 0. The summed E-state index contributed by atoms with van der Waals surface area (Å²) in [5.74, 6) is 0. The minimum atomic E-state index is -4.73. The molecule has 12 heavy (non-hydrogen) atoms. The number of allylic oxidation sites excluding steroid dienone is 2. The lowest BCUT2D eigenvalue weighted by atomic mass is 10.4. The molecule has 0 nitrogen and oxygen atoms in total. The smallest absolute Gasteiger partial charge is 0.210 e. The first-order valence-electron chi connectivity index (χ1n) is 3.25. The van der Waals surface area contributed by atoms with Crippen molar-refractivity contribution in [2.75, 3.05) is 0 Å². The number of hydrogen-bond acceptors (Lipinski definition) is 0. The molecule has 0 saturated carbocycles. The van der Waals surface area contributed by atoms with Crippen molar-refractivity contribution in [3.05, 3.63) is 12.2 Å². The minimum absolute atomic E-state index is 2.00. The van der Waals surface area contributed by atoms with Gasteiger partial charge < -0.3 is 0 Å². The van der Waals surface area contributed by atoms with Crippen LogP contribution >= 0.6 is 0 Å². The fourth-order valence-corrected chi connectivity index (χ4v) is 0.175. The monoisotopic (exact) mass is 190 g/mol. The molecule has 0 unspecified atom stereocenters. The number of alkyl halides is 5. The average molecular weight is 190 g/mol. The van der Waals surface area contributed by atoms with Gasteiger partial charge in [-0.1, -0.05) is 12.2 Å². The third kappa shape index (κ3) is 22.8. The molecule has 0 aromatic carbocycles. The molecular weight excluding hydrogens is 179 g/mol. The van der Waals surface area contributed by atoms with Gasteiger partial charge in [-0.3, -0.25) is 0 Å². The van der Waals surface area contributed by atoms with Gasteiger partial charge in [-0.2, -0.15) is 13.2 Å². The topological polar surface area (TPSA) is 0 Å².